The second-order valence-corrected chi connectivity index (χ2v) is 6.43. The number of pyridine rings is 1. The summed E-state index contributed by atoms with van der Waals surface area (Å²) in [7, 11) is 0. The largest absolute Gasteiger partial charge is 0.481 e. The number of carboxylic acids is 1. The van der Waals surface area contributed by atoms with Crippen LogP contribution in [0.3, 0.4) is 0 Å². The number of anilines is 1. The van der Waals surface area contributed by atoms with Gasteiger partial charge in [0.25, 0.3) is 0 Å². The van der Waals surface area contributed by atoms with E-state index in [4.69, 9.17) is 0 Å². The van der Waals surface area contributed by atoms with Crippen LogP contribution < -0.4 is 5.32 Å². The first-order valence-corrected chi connectivity index (χ1v) is 7.96. The van der Waals surface area contributed by atoms with Crippen molar-refractivity contribution in [2.24, 2.45) is 5.41 Å². The van der Waals surface area contributed by atoms with Crippen molar-refractivity contribution in [3.05, 3.63) is 22.9 Å². The summed E-state index contributed by atoms with van der Waals surface area (Å²) in [5, 5.41) is 12.4. The van der Waals surface area contributed by atoms with Crippen molar-refractivity contribution in [2.75, 3.05) is 5.32 Å². The Kier molecular flexibility index (Phi) is 5.33. The predicted molar refractivity (Wildman–Crippen MR) is 83.0 cm³/mol. The van der Waals surface area contributed by atoms with Crippen molar-refractivity contribution in [3.63, 3.8) is 0 Å². The van der Waals surface area contributed by atoms with Gasteiger partial charge in [-0.3, -0.25) is 14.6 Å². The van der Waals surface area contributed by atoms with E-state index in [0.29, 0.717) is 23.0 Å². The average Bonchev–Trinajstić information content (AvgIpc) is 2.68. The predicted octanol–water partition coefficient (Wildman–Crippen LogP) is 3.60. The maximum atomic E-state index is 12.2. The Bertz CT molecular complexity index is 525. The summed E-state index contributed by atoms with van der Waals surface area (Å²) < 4.78 is 0.684. The third kappa shape index (κ3) is 4.03. The van der Waals surface area contributed by atoms with Gasteiger partial charge in [0.2, 0.25) is 5.91 Å². The molecule has 1 fully saturated rings. The lowest BCUT2D eigenvalue weighted by molar-refractivity contribution is -0.152. The first-order chi connectivity index (χ1) is 10.0. The van der Waals surface area contributed by atoms with Gasteiger partial charge in [-0.25, -0.2) is 0 Å². The van der Waals surface area contributed by atoms with Crippen LogP contribution in [0.2, 0.25) is 0 Å². The quantitative estimate of drug-likeness (QED) is 0.809. The molecule has 0 saturated heterocycles. The van der Waals surface area contributed by atoms with Crippen molar-refractivity contribution in [3.8, 4) is 0 Å². The first-order valence-electron chi connectivity index (χ1n) is 7.16. The van der Waals surface area contributed by atoms with Crippen molar-refractivity contribution in [2.45, 2.75) is 44.9 Å². The lowest BCUT2D eigenvalue weighted by Gasteiger charge is -2.27. The molecule has 5 nitrogen and oxygen atoms in total. The van der Waals surface area contributed by atoms with Gasteiger partial charge in [-0.15, -0.1) is 0 Å². The Morgan fingerprint density at radius 1 is 1.29 bits per heavy atom. The van der Waals surface area contributed by atoms with Gasteiger partial charge < -0.3 is 10.4 Å². The zero-order chi connectivity index (χ0) is 15.3. The zero-order valence-corrected chi connectivity index (χ0v) is 13.4. The molecule has 0 spiro atoms. The molecule has 6 heteroatoms. The Morgan fingerprint density at radius 2 is 1.95 bits per heavy atom. The van der Waals surface area contributed by atoms with Crippen molar-refractivity contribution >= 4 is 33.5 Å². The van der Waals surface area contributed by atoms with Gasteiger partial charge in [0, 0.05) is 18.8 Å². The van der Waals surface area contributed by atoms with Gasteiger partial charge in [-0.1, -0.05) is 25.7 Å². The van der Waals surface area contributed by atoms with Gasteiger partial charge in [-0.05, 0) is 34.8 Å². The van der Waals surface area contributed by atoms with Gasteiger partial charge >= 0.3 is 5.97 Å². The maximum absolute atomic E-state index is 12.2. The smallest absolute Gasteiger partial charge is 0.310 e. The van der Waals surface area contributed by atoms with Gasteiger partial charge in [0.1, 0.15) is 0 Å². The summed E-state index contributed by atoms with van der Waals surface area (Å²) >= 11 is 3.31. The zero-order valence-electron chi connectivity index (χ0n) is 11.8. The van der Waals surface area contributed by atoms with Crippen LogP contribution >= 0.6 is 15.9 Å². The summed E-state index contributed by atoms with van der Waals surface area (Å²) in [6.07, 6.45) is 8.20. The highest BCUT2D eigenvalue weighted by Gasteiger charge is 2.40. The highest BCUT2D eigenvalue weighted by atomic mass is 79.9. The number of carbonyl (C=O) groups is 2. The monoisotopic (exact) mass is 354 g/mol. The van der Waals surface area contributed by atoms with Crippen LogP contribution in [-0.2, 0) is 9.59 Å². The SMILES string of the molecule is O=C(CC1(C(=O)O)CCCCCC1)Nc1ccncc1Br. The molecule has 1 aromatic rings. The number of carbonyl (C=O) groups excluding carboxylic acids is 1. The van der Waals surface area contributed by atoms with Crippen LogP contribution in [0.15, 0.2) is 22.9 Å². The van der Waals surface area contributed by atoms with E-state index in [2.05, 4.69) is 26.2 Å². The molecule has 21 heavy (non-hydrogen) atoms. The lowest BCUT2D eigenvalue weighted by Crippen LogP contribution is -2.35. The average molecular weight is 355 g/mol. The van der Waals surface area contributed by atoms with Crippen molar-refractivity contribution in [1.29, 1.82) is 0 Å². The topological polar surface area (TPSA) is 79.3 Å². The molecule has 1 aliphatic rings. The molecular formula is C15H19BrN2O3. The molecule has 1 saturated carbocycles. The molecule has 1 aliphatic carbocycles. The van der Waals surface area contributed by atoms with E-state index in [-0.39, 0.29) is 12.3 Å². The number of aliphatic carboxylic acids is 1. The molecule has 114 valence electrons. The molecule has 0 aromatic carbocycles. The summed E-state index contributed by atoms with van der Waals surface area (Å²) in [6, 6.07) is 1.68. The third-order valence-corrected chi connectivity index (χ3v) is 4.69. The molecule has 0 bridgehead atoms. The number of halogens is 1. The molecule has 0 aliphatic heterocycles. The number of amides is 1. The van der Waals surface area contributed by atoms with E-state index in [0.717, 1.165) is 25.7 Å². The number of carboxylic acid groups (broad SMARTS) is 1. The number of nitrogens with zero attached hydrogens (tertiary/aromatic N) is 1. The van der Waals surface area contributed by atoms with Gasteiger partial charge in [0.15, 0.2) is 0 Å². The van der Waals surface area contributed by atoms with Crippen LogP contribution in [-0.4, -0.2) is 22.0 Å². The molecule has 0 atom stereocenters. The summed E-state index contributed by atoms with van der Waals surface area (Å²) in [5.41, 5.74) is -0.302. The molecule has 1 heterocycles. The molecular weight excluding hydrogens is 336 g/mol. The molecule has 0 unspecified atom stereocenters. The number of rotatable bonds is 4. The Morgan fingerprint density at radius 3 is 2.52 bits per heavy atom. The van der Waals surface area contributed by atoms with E-state index >= 15 is 0 Å². The lowest BCUT2D eigenvalue weighted by atomic mass is 9.77. The van der Waals surface area contributed by atoms with E-state index < -0.39 is 11.4 Å². The van der Waals surface area contributed by atoms with Crippen LogP contribution in [0, 0.1) is 5.41 Å². The fraction of sp³-hybridized carbons (Fsp3) is 0.533. The number of aromatic nitrogens is 1. The van der Waals surface area contributed by atoms with Gasteiger partial charge in [-0.2, -0.15) is 0 Å². The number of nitrogens with one attached hydrogen (secondary N) is 1. The minimum Gasteiger partial charge on any atom is -0.481 e. The molecule has 2 N–H and O–H groups in total. The Balaban J connectivity index is 2.08. The third-order valence-electron chi connectivity index (χ3n) is 4.06. The normalized spacial score (nSPS) is 17.8. The van der Waals surface area contributed by atoms with E-state index in [1.54, 1.807) is 18.5 Å². The highest BCUT2D eigenvalue weighted by molar-refractivity contribution is 9.10. The number of hydrogen-bond acceptors (Lipinski definition) is 3. The first kappa shape index (κ1) is 15.9. The summed E-state index contributed by atoms with van der Waals surface area (Å²) in [5.74, 6) is -1.11. The molecule has 1 aromatic heterocycles. The maximum Gasteiger partial charge on any atom is 0.310 e. The minimum atomic E-state index is -0.917. The minimum absolute atomic E-state index is 0.0249. The standard InChI is InChI=1S/C15H19BrN2O3/c16-11-10-17-8-5-12(11)18-13(19)9-15(14(20)21)6-3-1-2-4-7-15/h5,8,10H,1-4,6-7,9H2,(H,20,21)(H,17,18,19). The fourth-order valence-electron chi connectivity index (χ4n) is 2.85. The second-order valence-electron chi connectivity index (χ2n) is 5.58. The van der Waals surface area contributed by atoms with E-state index in [1.807, 2.05) is 0 Å². The molecule has 2 rings (SSSR count). The van der Waals surface area contributed by atoms with Crippen LogP contribution in [0.1, 0.15) is 44.9 Å². The van der Waals surface area contributed by atoms with E-state index in [9.17, 15) is 14.7 Å². The molecule has 0 radical (unpaired) electrons. The summed E-state index contributed by atoms with van der Waals surface area (Å²) in [4.78, 5) is 27.9. The Labute approximate surface area is 132 Å². The number of hydrogen-bond donors (Lipinski definition) is 2. The second kappa shape index (κ2) is 7.02. The molecule has 1 amide bonds. The fourth-order valence-corrected chi connectivity index (χ4v) is 3.20. The van der Waals surface area contributed by atoms with Crippen LogP contribution in [0.4, 0.5) is 5.69 Å². The van der Waals surface area contributed by atoms with Gasteiger partial charge in [0.05, 0.1) is 15.6 Å². The van der Waals surface area contributed by atoms with Crippen LogP contribution in [0.5, 0.6) is 0 Å². The van der Waals surface area contributed by atoms with Crippen molar-refractivity contribution in [1.82, 2.24) is 4.98 Å². The van der Waals surface area contributed by atoms with Crippen molar-refractivity contribution < 1.29 is 14.7 Å². The highest BCUT2D eigenvalue weighted by Crippen LogP contribution is 2.38. The van der Waals surface area contributed by atoms with E-state index in [1.165, 1.54) is 0 Å². The summed E-state index contributed by atoms with van der Waals surface area (Å²) in [6.45, 7) is 0. The Hall–Kier alpha value is -1.43. The van der Waals surface area contributed by atoms with Crippen LogP contribution in [0.25, 0.3) is 0 Å².